The number of nitrogens with zero attached hydrogens (tertiary/aromatic N) is 1. The Kier molecular flexibility index (Phi) is 5.20. The lowest BCUT2D eigenvalue weighted by atomic mass is 10.0. The van der Waals surface area contributed by atoms with Gasteiger partial charge in [-0.2, -0.15) is 0 Å². The number of rotatable bonds is 7. The van der Waals surface area contributed by atoms with Crippen LogP contribution < -0.4 is 0 Å². The summed E-state index contributed by atoms with van der Waals surface area (Å²) in [5.74, 6) is -0.256. The molecule has 0 bridgehead atoms. The number of hydrogen-bond acceptors (Lipinski definition) is 3. The molecule has 0 saturated carbocycles. The summed E-state index contributed by atoms with van der Waals surface area (Å²) in [4.78, 5) is 25.3. The first-order valence-electron chi connectivity index (χ1n) is 7.88. The minimum Gasteiger partial charge on any atom is -0.480 e. The van der Waals surface area contributed by atoms with Crippen molar-refractivity contribution < 1.29 is 14.7 Å². The van der Waals surface area contributed by atoms with Gasteiger partial charge in [-0.1, -0.05) is 60.7 Å². The Hall–Kier alpha value is -2.27. The zero-order valence-corrected chi connectivity index (χ0v) is 14.0. The van der Waals surface area contributed by atoms with E-state index in [0.29, 0.717) is 12.8 Å². The minimum atomic E-state index is -0.947. The first-order valence-corrected chi connectivity index (χ1v) is 8.93. The molecule has 1 aliphatic rings. The van der Waals surface area contributed by atoms with Crippen LogP contribution in [-0.2, 0) is 21.8 Å². The number of amides is 1. The van der Waals surface area contributed by atoms with Gasteiger partial charge in [0.15, 0.2) is 0 Å². The number of hydrogen-bond donors (Lipinski definition) is 1. The average Bonchev–Trinajstić information content (AvgIpc) is 2.59. The standard InChI is InChI=1S/C19H19NO3S/c21-17-12-18(24-13-15-9-5-2-6-10-15)20(17)16(19(22)23)11-14-7-3-1-4-8-14/h1-10,16,18H,11-13H2,(H,22,23). The smallest absolute Gasteiger partial charge is 0.326 e. The summed E-state index contributed by atoms with van der Waals surface area (Å²) in [5.41, 5.74) is 2.10. The van der Waals surface area contributed by atoms with Crippen LogP contribution in [0.15, 0.2) is 60.7 Å². The van der Waals surface area contributed by atoms with Gasteiger partial charge in [0.2, 0.25) is 5.91 Å². The normalized spacial score (nSPS) is 18.1. The van der Waals surface area contributed by atoms with Gasteiger partial charge >= 0.3 is 5.97 Å². The maximum absolute atomic E-state index is 12.0. The third-order valence-electron chi connectivity index (χ3n) is 4.13. The number of carbonyl (C=O) groups excluding carboxylic acids is 1. The summed E-state index contributed by atoms with van der Waals surface area (Å²) in [6.07, 6.45) is 0.750. The fourth-order valence-corrected chi connectivity index (χ4v) is 4.09. The van der Waals surface area contributed by atoms with Crippen LogP contribution in [0.2, 0.25) is 0 Å². The topological polar surface area (TPSA) is 57.6 Å². The van der Waals surface area contributed by atoms with Gasteiger partial charge in [0, 0.05) is 12.2 Å². The number of aliphatic carboxylic acids is 1. The Morgan fingerprint density at radius 1 is 1.08 bits per heavy atom. The Bertz CT molecular complexity index is 705. The Morgan fingerprint density at radius 2 is 1.67 bits per heavy atom. The molecule has 1 fully saturated rings. The number of β-lactam (4-membered cyclic amide) rings is 1. The molecular weight excluding hydrogens is 322 g/mol. The van der Waals surface area contributed by atoms with Crippen LogP contribution in [0.5, 0.6) is 0 Å². The fraction of sp³-hybridized carbons (Fsp3) is 0.263. The van der Waals surface area contributed by atoms with Crippen LogP contribution >= 0.6 is 11.8 Å². The summed E-state index contributed by atoms with van der Waals surface area (Å²) >= 11 is 1.63. The van der Waals surface area contributed by atoms with Crippen LogP contribution in [-0.4, -0.2) is 33.3 Å². The number of thioether (sulfide) groups is 1. The van der Waals surface area contributed by atoms with E-state index in [0.717, 1.165) is 11.3 Å². The molecule has 2 atom stereocenters. The molecule has 0 aromatic heterocycles. The van der Waals surface area contributed by atoms with Crippen molar-refractivity contribution in [2.75, 3.05) is 0 Å². The molecular formula is C19H19NO3S. The molecule has 1 N–H and O–H groups in total. The Labute approximate surface area is 145 Å². The van der Waals surface area contributed by atoms with E-state index in [1.54, 1.807) is 11.8 Å². The number of benzene rings is 2. The van der Waals surface area contributed by atoms with Gasteiger partial charge in [-0.3, -0.25) is 4.79 Å². The van der Waals surface area contributed by atoms with E-state index in [-0.39, 0.29) is 11.3 Å². The molecule has 5 heteroatoms. The highest BCUT2D eigenvalue weighted by atomic mass is 32.2. The maximum Gasteiger partial charge on any atom is 0.326 e. The molecule has 0 aliphatic carbocycles. The van der Waals surface area contributed by atoms with Crippen molar-refractivity contribution in [2.45, 2.75) is 30.0 Å². The molecule has 124 valence electrons. The lowest BCUT2D eigenvalue weighted by molar-refractivity contribution is -0.157. The number of carboxylic acid groups (broad SMARTS) is 1. The average molecular weight is 341 g/mol. The van der Waals surface area contributed by atoms with E-state index in [1.165, 1.54) is 10.5 Å². The van der Waals surface area contributed by atoms with Gasteiger partial charge in [-0.25, -0.2) is 4.79 Å². The zero-order chi connectivity index (χ0) is 16.9. The first kappa shape index (κ1) is 16.6. The summed E-state index contributed by atoms with van der Waals surface area (Å²) in [6, 6.07) is 18.7. The second kappa shape index (κ2) is 7.53. The Balaban J connectivity index is 1.67. The molecule has 1 amide bonds. The van der Waals surface area contributed by atoms with E-state index in [1.807, 2.05) is 60.7 Å². The number of carboxylic acids is 1. The van der Waals surface area contributed by atoms with Gasteiger partial charge in [0.25, 0.3) is 0 Å². The lowest BCUT2D eigenvalue weighted by Gasteiger charge is -2.43. The van der Waals surface area contributed by atoms with Crippen molar-refractivity contribution in [3.8, 4) is 0 Å². The second-order valence-corrected chi connectivity index (χ2v) is 6.97. The van der Waals surface area contributed by atoms with Crippen LogP contribution in [0.3, 0.4) is 0 Å². The molecule has 0 spiro atoms. The third-order valence-corrected chi connectivity index (χ3v) is 5.40. The first-order chi connectivity index (χ1) is 11.6. The zero-order valence-electron chi connectivity index (χ0n) is 13.2. The third kappa shape index (κ3) is 3.79. The van der Waals surface area contributed by atoms with Crippen LogP contribution in [0, 0.1) is 0 Å². The monoisotopic (exact) mass is 341 g/mol. The van der Waals surface area contributed by atoms with E-state index >= 15 is 0 Å². The van der Waals surface area contributed by atoms with Gasteiger partial charge in [0.05, 0.1) is 11.8 Å². The predicted molar refractivity (Wildman–Crippen MR) is 94.6 cm³/mol. The number of likely N-dealkylation sites (tertiary alicyclic amines) is 1. The minimum absolute atomic E-state index is 0.0671. The van der Waals surface area contributed by atoms with Crippen molar-refractivity contribution in [1.82, 2.24) is 4.90 Å². The fourth-order valence-electron chi connectivity index (χ4n) is 2.82. The lowest BCUT2D eigenvalue weighted by Crippen LogP contribution is -2.59. The van der Waals surface area contributed by atoms with Gasteiger partial charge < -0.3 is 10.0 Å². The van der Waals surface area contributed by atoms with E-state index in [2.05, 4.69) is 0 Å². The van der Waals surface area contributed by atoms with E-state index in [4.69, 9.17) is 0 Å². The SMILES string of the molecule is O=C(O)C(Cc1ccccc1)N1C(=O)CC1SCc1ccccc1. The molecule has 24 heavy (non-hydrogen) atoms. The van der Waals surface area contributed by atoms with Crippen LogP contribution in [0.4, 0.5) is 0 Å². The van der Waals surface area contributed by atoms with Crippen molar-refractivity contribution in [2.24, 2.45) is 0 Å². The van der Waals surface area contributed by atoms with E-state index in [9.17, 15) is 14.7 Å². The highest BCUT2D eigenvalue weighted by Gasteiger charge is 2.43. The highest BCUT2D eigenvalue weighted by molar-refractivity contribution is 7.99. The quantitative estimate of drug-likeness (QED) is 0.786. The van der Waals surface area contributed by atoms with Gasteiger partial charge in [-0.15, -0.1) is 11.8 Å². The maximum atomic E-state index is 12.0. The molecule has 1 heterocycles. The summed E-state index contributed by atoms with van der Waals surface area (Å²) in [7, 11) is 0. The molecule has 0 radical (unpaired) electrons. The highest BCUT2D eigenvalue weighted by Crippen LogP contribution is 2.34. The number of carbonyl (C=O) groups is 2. The van der Waals surface area contributed by atoms with Crippen molar-refractivity contribution in [1.29, 1.82) is 0 Å². The van der Waals surface area contributed by atoms with Crippen molar-refractivity contribution in [3.05, 3.63) is 71.8 Å². The molecule has 4 nitrogen and oxygen atoms in total. The van der Waals surface area contributed by atoms with Gasteiger partial charge in [0.1, 0.15) is 6.04 Å². The molecule has 2 aromatic carbocycles. The van der Waals surface area contributed by atoms with Crippen molar-refractivity contribution >= 4 is 23.6 Å². The largest absolute Gasteiger partial charge is 0.480 e. The van der Waals surface area contributed by atoms with E-state index < -0.39 is 12.0 Å². The van der Waals surface area contributed by atoms with Crippen LogP contribution in [0.25, 0.3) is 0 Å². The molecule has 2 aromatic rings. The van der Waals surface area contributed by atoms with Gasteiger partial charge in [-0.05, 0) is 11.1 Å². The Morgan fingerprint density at radius 3 is 2.21 bits per heavy atom. The second-order valence-electron chi connectivity index (χ2n) is 5.80. The molecule has 3 rings (SSSR count). The predicted octanol–water partition coefficient (Wildman–Crippen LogP) is 3.17. The summed E-state index contributed by atoms with van der Waals surface area (Å²) in [6.45, 7) is 0. The summed E-state index contributed by atoms with van der Waals surface area (Å²) < 4.78 is 0. The molecule has 1 aliphatic heterocycles. The summed E-state index contributed by atoms with van der Waals surface area (Å²) in [5, 5.41) is 9.52. The van der Waals surface area contributed by atoms with Crippen LogP contribution in [0.1, 0.15) is 17.5 Å². The molecule has 2 unspecified atom stereocenters. The van der Waals surface area contributed by atoms with Crippen molar-refractivity contribution in [3.63, 3.8) is 0 Å². The molecule has 1 saturated heterocycles.